The van der Waals surface area contributed by atoms with E-state index in [0.717, 1.165) is 25.3 Å². The van der Waals surface area contributed by atoms with E-state index in [4.69, 9.17) is 5.73 Å². The molecule has 0 spiro atoms. The summed E-state index contributed by atoms with van der Waals surface area (Å²) < 4.78 is 40.5. The van der Waals surface area contributed by atoms with Gasteiger partial charge in [-0.25, -0.2) is 17.5 Å². The van der Waals surface area contributed by atoms with Crippen molar-refractivity contribution in [2.45, 2.75) is 43.5 Å². The first-order valence-electron chi connectivity index (χ1n) is 5.83. The van der Waals surface area contributed by atoms with Gasteiger partial charge in [-0.15, -0.1) is 0 Å². The van der Waals surface area contributed by atoms with Crippen molar-refractivity contribution in [3.63, 3.8) is 0 Å². The van der Waals surface area contributed by atoms with E-state index in [0.29, 0.717) is 5.56 Å². The van der Waals surface area contributed by atoms with Gasteiger partial charge in [-0.3, -0.25) is 0 Å². The van der Waals surface area contributed by atoms with Crippen LogP contribution in [0.3, 0.4) is 0 Å². The Labute approximate surface area is 106 Å². The summed E-state index contributed by atoms with van der Waals surface area (Å²) in [7, 11) is -3.85. The summed E-state index contributed by atoms with van der Waals surface area (Å²) >= 11 is 0. The average molecular weight is 272 g/mol. The fourth-order valence-electron chi connectivity index (χ4n) is 2.06. The van der Waals surface area contributed by atoms with Crippen molar-refractivity contribution >= 4 is 15.7 Å². The van der Waals surface area contributed by atoms with Crippen LogP contribution in [0, 0.1) is 12.7 Å². The largest absolute Gasteiger partial charge is 0.398 e. The summed E-state index contributed by atoms with van der Waals surface area (Å²) in [5.41, 5.74) is 5.99. The number of nitrogens with two attached hydrogens (primary N) is 1. The van der Waals surface area contributed by atoms with Gasteiger partial charge in [-0.2, -0.15) is 0 Å². The Morgan fingerprint density at radius 3 is 2.50 bits per heavy atom. The van der Waals surface area contributed by atoms with Crippen LogP contribution < -0.4 is 10.5 Å². The van der Waals surface area contributed by atoms with Gasteiger partial charge in [0.15, 0.2) is 0 Å². The van der Waals surface area contributed by atoms with E-state index in [1.54, 1.807) is 6.92 Å². The zero-order valence-corrected chi connectivity index (χ0v) is 11.3. The molecule has 0 heterocycles. The first kappa shape index (κ1) is 13.3. The summed E-state index contributed by atoms with van der Waals surface area (Å²) in [5, 5.41) is 0. The number of aryl methyl sites for hydroxylation is 1. The maximum absolute atomic E-state index is 13.7. The highest BCUT2D eigenvalue weighted by atomic mass is 32.2. The minimum absolute atomic E-state index is 0.274. The second-order valence-electron chi connectivity index (χ2n) is 5.16. The van der Waals surface area contributed by atoms with Crippen LogP contribution in [0.5, 0.6) is 0 Å². The van der Waals surface area contributed by atoms with Crippen LogP contribution in [0.15, 0.2) is 17.0 Å². The minimum Gasteiger partial charge on any atom is -0.398 e. The van der Waals surface area contributed by atoms with Gasteiger partial charge < -0.3 is 5.73 Å². The predicted octanol–water partition coefficient (Wildman–Crippen LogP) is 1.94. The van der Waals surface area contributed by atoms with Crippen molar-refractivity contribution in [2.24, 2.45) is 0 Å². The van der Waals surface area contributed by atoms with Crippen molar-refractivity contribution in [2.75, 3.05) is 5.73 Å². The molecule has 4 nitrogen and oxygen atoms in total. The number of nitrogens with one attached hydrogen (secondary N) is 1. The molecule has 0 atom stereocenters. The second-order valence-corrected chi connectivity index (χ2v) is 6.81. The Morgan fingerprint density at radius 2 is 2.00 bits per heavy atom. The Morgan fingerprint density at radius 1 is 1.39 bits per heavy atom. The van der Waals surface area contributed by atoms with Crippen LogP contribution >= 0.6 is 0 Å². The molecule has 6 heteroatoms. The third kappa shape index (κ3) is 2.35. The molecule has 1 aliphatic carbocycles. The third-order valence-corrected chi connectivity index (χ3v) is 5.10. The number of sulfonamides is 1. The molecule has 0 amide bonds. The molecule has 1 aliphatic rings. The lowest BCUT2D eigenvalue weighted by molar-refractivity contribution is 0.247. The van der Waals surface area contributed by atoms with Crippen LogP contribution in [-0.2, 0) is 10.0 Å². The van der Waals surface area contributed by atoms with E-state index in [1.165, 1.54) is 6.07 Å². The molecule has 0 saturated heterocycles. The van der Waals surface area contributed by atoms with E-state index in [-0.39, 0.29) is 10.6 Å². The molecular formula is C12H17FN2O2S. The fraction of sp³-hybridized carbons (Fsp3) is 0.500. The highest BCUT2D eigenvalue weighted by molar-refractivity contribution is 7.89. The second kappa shape index (κ2) is 4.20. The lowest BCUT2D eigenvalue weighted by Crippen LogP contribution is -2.50. The number of nitrogen functional groups attached to an aromatic ring is 1. The van der Waals surface area contributed by atoms with Crippen LogP contribution in [0.25, 0.3) is 0 Å². The first-order chi connectivity index (χ1) is 8.23. The summed E-state index contributed by atoms with van der Waals surface area (Å²) in [5.74, 6) is -0.767. The van der Waals surface area contributed by atoms with E-state index in [2.05, 4.69) is 4.72 Å². The van der Waals surface area contributed by atoms with Crippen LogP contribution in [-0.4, -0.2) is 14.0 Å². The van der Waals surface area contributed by atoms with Gasteiger partial charge in [-0.05, 0) is 50.8 Å². The van der Waals surface area contributed by atoms with Gasteiger partial charge >= 0.3 is 0 Å². The molecule has 0 radical (unpaired) electrons. The normalized spacial score (nSPS) is 18.4. The molecule has 0 bridgehead atoms. The molecule has 1 aromatic rings. The van der Waals surface area contributed by atoms with Crippen molar-refractivity contribution in [3.8, 4) is 0 Å². The van der Waals surface area contributed by atoms with Crippen molar-refractivity contribution in [1.82, 2.24) is 4.72 Å². The van der Waals surface area contributed by atoms with Crippen molar-refractivity contribution < 1.29 is 12.8 Å². The SMILES string of the molecule is Cc1cc(F)c(S(=O)(=O)NC2(C)CCC2)cc1N. The molecule has 3 N–H and O–H groups in total. The van der Waals surface area contributed by atoms with Gasteiger partial charge in [0.25, 0.3) is 0 Å². The quantitative estimate of drug-likeness (QED) is 0.826. The third-order valence-electron chi connectivity index (χ3n) is 3.45. The van der Waals surface area contributed by atoms with Gasteiger partial charge in [0.05, 0.1) is 0 Å². The lowest BCUT2D eigenvalue weighted by Gasteiger charge is -2.38. The molecule has 1 aromatic carbocycles. The fourth-order valence-corrected chi connectivity index (χ4v) is 3.62. The van der Waals surface area contributed by atoms with E-state index >= 15 is 0 Å². The molecule has 1 saturated carbocycles. The number of benzene rings is 1. The average Bonchev–Trinajstić information content (AvgIpc) is 2.20. The highest BCUT2D eigenvalue weighted by Gasteiger charge is 2.37. The molecule has 2 rings (SSSR count). The topological polar surface area (TPSA) is 72.2 Å². The van der Waals surface area contributed by atoms with E-state index < -0.39 is 21.4 Å². The summed E-state index contributed by atoms with van der Waals surface area (Å²) in [6.07, 6.45) is 2.53. The number of anilines is 1. The smallest absolute Gasteiger partial charge is 0.244 e. The van der Waals surface area contributed by atoms with Crippen molar-refractivity contribution in [1.29, 1.82) is 0 Å². The molecule has 0 unspecified atom stereocenters. The van der Waals surface area contributed by atoms with Gasteiger partial charge in [0, 0.05) is 11.2 Å². The highest BCUT2D eigenvalue weighted by Crippen LogP contribution is 2.33. The Hall–Kier alpha value is -1.14. The van der Waals surface area contributed by atoms with Crippen molar-refractivity contribution in [3.05, 3.63) is 23.5 Å². The van der Waals surface area contributed by atoms with Gasteiger partial charge in [-0.1, -0.05) is 0 Å². The molecule has 0 aromatic heterocycles. The van der Waals surface area contributed by atoms with E-state index in [9.17, 15) is 12.8 Å². The Bertz CT molecular complexity index is 580. The van der Waals surface area contributed by atoms with Crippen LogP contribution in [0.4, 0.5) is 10.1 Å². The number of halogens is 1. The zero-order valence-electron chi connectivity index (χ0n) is 10.5. The summed E-state index contributed by atoms with van der Waals surface area (Å²) in [6, 6.07) is 2.32. The monoisotopic (exact) mass is 272 g/mol. The number of rotatable bonds is 3. The first-order valence-corrected chi connectivity index (χ1v) is 7.31. The maximum atomic E-state index is 13.7. The molecule has 0 aliphatic heterocycles. The van der Waals surface area contributed by atoms with Gasteiger partial charge in [0.1, 0.15) is 10.7 Å². The van der Waals surface area contributed by atoms with Crippen LogP contribution in [0.2, 0.25) is 0 Å². The minimum atomic E-state index is -3.85. The number of hydrogen-bond donors (Lipinski definition) is 2. The molecule has 100 valence electrons. The standard InChI is InChI=1S/C12H17FN2O2S/c1-8-6-9(13)11(7-10(8)14)18(16,17)15-12(2)4-3-5-12/h6-7,15H,3-5,14H2,1-2H3. The Kier molecular flexibility index (Phi) is 3.11. The maximum Gasteiger partial charge on any atom is 0.244 e. The number of hydrogen-bond acceptors (Lipinski definition) is 3. The molecule has 1 fully saturated rings. The lowest BCUT2D eigenvalue weighted by atomic mass is 9.80. The molecule has 18 heavy (non-hydrogen) atoms. The summed E-state index contributed by atoms with van der Waals surface area (Å²) in [4.78, 5) is -0.376. The van der Waals surface area contributed by atoms with Gasteiger partial charge in [0.2, 0.25) is 10.0 Å². The Balaban J connectivity index is 2.38. The predicted molar refractivity (Wildman–Crippen MR) is 68.1 cm³/mol. The zero-order chi connectivity index (χ0) is 13.6. The molecular weight excluding hydrogens is 255 g/mol. The van der Waals surface area contributed by atoms with E-state index in [1.807, 2.05) is 6.92 Å². The summed E-state index contributed by atoms with van der Waals surface area (Å²) in [6.45, 7) is 3.46. The van der Waals surface area contributed by atoms with Crippen LogP contribution in [0.1, 0.15) is 31.7 Å².